The number of carbonyl (C=O) groups excluding carboxylic acids is 2. The number of nitrogens with zero attached hydrogens (tertiary/aromatic N) is 1. The smallest absolute Gasteiger partial charge is 0.243 e. The van der Waals surface area contributed by atoms with E-state index in [0.29, 0.717) is 10.6 Å². The van der Waals surface area contributed by atoms with Crippen LogP contribution in [0.25, 0.3) is 0 Å². The third-order valence-corrected chi connectivity index (χ3v) is 5.09. The zero-order chi connectivity index (χ0) is 20.4. The molecule has 1 aromatic carbocycles. The molecule has 1 aliphatic heterocycles. The van der Waals surface area contributed by atoms with Crippen LogP contribution >= 0.6 is 11.6 Å². The number of aliphatic hydroxyl groups excluding tert-OH is 2. The number of hydrogen-bond donors (Lipinski definition) is 4. The molecule has 150 valence electrons. The Kier molecular flexibility index (Phi) is 6.86. The van der Waals surface area contributed by atoms with Crippen LogP contribution in [0.3, 0.4) is 0 Å². The molecular weight excluding hydrogens is 370 g/mol. The van der Waals surface area contributed by atoms with E-state index < -0.39 is 35.6 Å². The van der Waals surface area contributed by atoms with E-state index in [-0.39, 0.29) is 25.5 Å². The van der Waals surface area contributed by atoms with Gasteiger partial charge in [-0.3, -0.25) is 9.59 Å². The van der Waals surface area contributed by atoms with Gasteiger partial charge in [0.05, 0.1) is 24.8 Å². The maximum Gasteiger partial charge on any atom is 0.243 e. The second-order valence-corrected chi connectivity index (χ2v) is 8.47. The molecule has 2 rings (SSSR count). The lowest BCUT2D eigenvalue weighted by Gasteiger charge is -2.33. The van der Waals surface area contributed by atoms with Gasteiger partial charge in [0.2, 0.25) is 11.8 Å². The van der Waals surface area contributed by atoms with E-state index in [1.807, 2.05) is 20.8 Å². The van der Waals surface area contributed by atoms with Crippen molar-refractivity contribution in [1.29, 1.82) is 0 Å². The number of halogens is 1. The zero-order valence-electron chi connectivity index (χ0n) is 15.9. The molecule has 1 saturated heterocycles. The summed E-state index contributed by atoms with van der Waals surface area (Å²) in [5.41, 5.74) is 6.28. The Morgan fingerprint density at radius 1 is 1.33 bits per heavy atom. The van der Waals surface area contributed by atoms with Gasteiger partial charge in [0, 0.05) is 18.0 Å². The summed E-state index contributed by atoms with van der Waals surface area (Å²) in [7, 11) is 0. The largest absolute Gasteiger partial charge is 0.394 e. The van der Waals surface area contributed by atoms with E-state index in [1.165, 1.54) is 4.90 Å². The number of nitrogens with two attached hydrogens (primary N) is 1. The topological polar surface area (TPSA) is 116 Å². The van der Waals surface area contributed by atoms with Gasteiger partial charge in [-0.1, -0.05) is 44.5 Å². The molecule has 0 radical (unpaired) electrons. The first-order valence-electron chi connectivity index (χ1n) is 8.95. The Bertz CT molecular complexity index is 675. The Balaban J connectivity index is 2.14. The van der Waals surface area contributed by atoms with Crippen molar-refractivity contribution in [3.05, 3.63) is 34.9 Å². The van der Waals surface area contributed by atoms with Gasteiger partial charge in [-0.2, -0.15) is 0 Å². The highest BCUT2D eigenvalue weighted by Crippen LogP contribution is 2.25. The maximum absolute atomic E-state index is 12.8. The molecule has 0 spiro atoms. The van der Waals surface area contributed by atoms with E-state index >= 15 is 0 Å². The van der Waals surface area contributed by atoms with Crippen LogP contribution in [0.1, 0.15) is 38.8 Å². The third-order valence-electron chi connectivity index (χ3n) is 4.84. The maximum atomic E-state index is 12.8. The summed E-state index contributed by atoms with van der Waals surface area (Å²) in [6, 6.07) is 4.51. The Labute approximate surface area is 164 Å². The molecule has 0 aromatic heterocycles. The van der Waals surface area contributed by atoms with Crippen LogP contribution in [-0.4, -0.2) is 58.3 Å². The summed E-state index contributed by atoms with van der Waals surface area (Å²) in [6.45, 7) is 5.29. The highest BCUT2D eigenvalue weighted by molar-refractivity contribution is 6.30. The van der Waals surface area contributed by atoms with Crippen molar-refractivity contribution in [3.8, 4) is 0 Å². The fourth-order valence-electron chi connectivity index (χ4n) is 3.05. The molecule has 0 unspecified atom stereocenters. The first-order valence-corrected chi connectivity index (χ1v) is 9.33. The van der Waals surface area contributed by atoms with Crippen LogP contribution in [0, 0.1) is 5.41 Å². The molecule has 1 aliphatic rings. The summed E-state index contributed by atoms with van der Waals surface area (Å²) in [5.74, 6) is -0.804. The summed E-state index contributed by atoms with van der Waals surface area (Å²) in [6.07, 6.45) is -0.660. The summed E-state index contributed by atoms with van der Waals surface area (Å²) >= 11 is 5.87. The molecule has 1 aromatic rings. The SMILES string of the molecule is CC(C)(C)[C@H](N)C(=O)N1C[C@H](O)C[C@H]1C(=O)N[C@@H](CO)c1ccc(Cl)cc1. The standard InChI is InChI=1S/C19H28ClN3O4/c1-19(2,3)16(21)18(27)23-9-13(25)8-15(23)17(26)22-14(10-24)11-4-6-12(20)7-5-11/h4-7,13-16,24-25H,8-10,21H2,1-3H3,(H,22,26)/t13-,14+,15+,16-/m1/s1. The monoisotopic (exact) mass is 397 g/mol. The fourth-order valence-corrected chi connectivity index (χ4v) is 3.18. The van der Waals surface area contributed by atoms with Gasteiger partial charge < -0.3 is 26.2 Å². The molecule has 27 heavy (non-hydrogen) atoms. The highest BCUT2D eigenvalue weighted by atomic mass is 35.5. The molecule has 2 amide bonds. The second kappa shape index (κ2) is 8.56. The van der Waals surface area contributed by atoms with Gasteiger partial charge in [-0.25, -0.2) is 0 Å². The van der Waals surface area contributed by atoms with Crippen LogP contribution in [0.15, 0.2) is 24.3 Å². The molecule has 1 heterocycles. The molecule has 0 aliphatic carbocycles. The Morgan fingerprint density at radius 2 is 1.93 bits per heavy atom. The minimum Gasteiger partial charge on any atom is -0.394 e. The van der Waals surface area contributed by atoms with Crippen LogP contribution in [0.4, 0.5) is 0 Å². The minimum absolute atomic E-state index is 0.0609. The normalized spacial score (nSPS) is 22.4. The molecule has 5 N–H and O–H groups in total. The van der Waals surface area contributed by atoms with Crippen molar-refractivity contribution in [1.82, 2.24) is 10.2 Å². The van der Waals surface area contributed by atoms with Gasteiger partial charge in [-0.05, 0) is 23.1 Å². The van der Waals surface area contributed by atoms with Crippen LogP contribution in [0.5, 0.6) is 0 Å². The average Bonchev–Trinajstić information content (AvgIpc) is 3.00. The quantitative estimate of drug-likeness (QED) is 0.587. The van der Waals surface area contributed by atoms with Gasteiger partial charge in [0.25, 0.3) is 0 Å². The lowest BCUT2D eigenvalue weighted by atomic mass is 9.86. The number of β-amino-alcohol motifs (C(OH)–C–C–N with tert-alkyl or cyclic N) is 1. The van der Waals surface area contributed by atoms with Crippen molar-refractivity contribution in [2.24, 2.45) is 11.1 Å². The van der Waals surface area contributed by atoms with E-state index in [0.717, 1.165) is 0 Å². The molecule has 8 heteroatoms. The summed E-state index contributed by atoms with van der Waals surface area (Å²) in [4.78, 5) is 26.9. The third kappa shape index (κ3) is 5.19. The first-order chi connectivity index (χ1) is 12.5. The molecular formula is C19H28ClN3O4. The number of likely N-dealkylation sites (tertiary alicyclic amines) is 1. The Hall–Kier alpha value is -1.67. The molecule has 1 fully saturated rings. The van der Waals surface area contributed by atoms with Crippen molar-refractivity contribution in [2.75, 3.05) is 13.2 Å². The molecule has 0 saturated carbocycles. The number of benzene rings is 1. The van der Waals surface area contributed by atoms with Crippen molar-refractivity contribution in [3.63, 3.8) is 0 Å². The molecule has 0 bridgehead atoms. The number of nitrogens with one attached hydrogen (secondary N) is 1. The number of aliphatic hydroxyl groups is 2. The number of hydrogen-bond acceptors (Lipinski definition) is 5. The van der Waals surface area contributed by atoms with Crippen LogP contribution in [-0.2, 0) is 9.59 Å². The Morgan fingerprint density at radius 3 is 2.44 bits per heavy atom. The van der Waals surface area contributed by atoms with E-state index in [4.69, 9.17) is 17.3 Å². The van der Waals surface area contributed by atoms with Crippen molar-refractivity contribution < 1.29 is 19.8 Å². The lowest BCUT2D eigenvalue weighted by Crippen LogP contribution is -2.55. The average molecular weight is 398 g/mol. The fraction of sp³-hybridized carbons (Fsp3) is 0.579. The second-order valence-electron chi connectivity index (χ2n) is 8.03. The van der Waals surface area contributed by atoms with Crippen LogP contribution in [0.2, 0.25) is 5.02 Å². The zero-order valence-corrected chi connectivity index (χ0v) is 16.6. The van der Waals surface area contributed by atoms with Gasteiger partial charge in [0.15, 0.2) is 0 Å². The summed E-state index contributed by atoms with van der Waals surface area (Å²) in [5, 5.41) is 23.0. The van der Waals surface area contributed by atoms with Gasteiger partial charge in [-0.15, -0.1) is 0 Å². The number of carbonyl (C=O) groups is 2. The van der Waals surface area contributed by atoms with E-state index in [1.54, 1.807) is 24.3 Å². The predicted molar refractivity (Wildman–Crippen MR) is 103 cm³/mol. The summed E-state index contributed by atoms with van der Waals surface area (Å²) < 4.78 is 0. The van der Waals surface area contributed by atoms with Crippen molar-refractivity contribution in [2.45, 2.75) is 51.4 Å². The lowest BCUT2D eigenvalue weighted by molar-refractivity contribution is -0.141. The van der Waals surface area contributed by atoms with E-state index in [2.05, 4.69) is 5.32 Å². The van der Waals surface area contributed by atoms with Gasteiger partial charge in [0.1, 0.15) is 6.04 Å². The minimum atomic E-state index is -0.831. The number of rotatable bonds is 5. The number of amides is 2. The highest BCUT2D eigenvalue weighted by Gasteiger charge is 2.43. The molecule has 4 atom stereocenters. The van der Waals surface area contributed by atoms with Crippen molar-refractivity contribution >= 4 is 23.4 Å². The van der Waals surface area contributed by atoms with E-state index in [9.17, 15) is 19.8 Å². The first kappa shape index (κ1) is 21.6. The van der Waals surface area contributed by atoms with Crippen LogP contribution < -0.4 is 11.1 Å². The van der Waals surface area contributed by atoms with Gasteiger partial charge >= 0.3 is 0 Å². The predicted octanol–water partition coefficient (Wildman–Crippen LogP) is 0.825. The molecule has 7 nitrogen and oxygen atoms in total.